The van der Waals surface area contributed by atoms with Gasteiger partial charge >= 0.3 is 5.97 Å². The minimum Gasteiger partial charge on any atom is -0.467 e. The number of likely N-dealkylation sites (tertiary alicyclic amines) is 1. The second-order valence-corrected chi connectivity index (χ2v) is 8.16. The van der Waals surface area contributed by atoms with E-state index >= 15 is 0 Å². The van der Waals surface area contributed by atoms with Crippen LogP contribution in [-0.2, 0) is 19.9 Å². The molecular weight excluding hydrogens is 412 g/mol. The van der Waals surface area contributed by atoms with Crippen molar-refractivity contribution in [2.75, 3.05) is 12.4 Å². The van der Waals surface area contributed by atoms with Gasteiger partial charge in [0.15, 0.2) is 0 Å². The molecule has 1 saturated heterocycles. The lowest BCUT2D eigenvalue weighted by Crippen LogP contribution is -2.65. The highest BCUT2D eigenvalue weighted by Gasteiger charge is 2.58. The number of benzene rings is 2. The lowest BCUT2D eigenvalue weighted by atomic mass is 9.81. The number of fused-ring (bicyclic) bond motifs is 4. The van der Waals surface area contributed by atoms with Gasteiger partial charge in [-0.15, -0.1) is 0 Å². The van der Waals surface area contributed by atoms with Crippen molar-refractivity contribution in [3.63, 3.8) is 0 Å². The number of nitrogens with zero attached hydrogens (tertiary/aromatic N) is 3. The largest absolute Gasteiger partial charge is 0.467 e. The molecule has 5 rings (SSSR count). The smallest absolute Gasteiger partial charge is 0.328 e. The number of para-hydroxylation sites is 2. The Bertz CT molecular complexity index is 1300. The predicted molar refractivity (Wildman–Crippen MR) is 116 cm³/mol. The molecular formula is C23H22N4O5. The van der Waals surface area contributed by atoms with Gasteiger partial charge in [0.1, 0.15) is 23.9 Å². The standard InChI is InChI=1S/C23H22N4O5/c1-13(21(30)32-2)27-20(29)18(26-12-24-16-9-5-3-7-14(16)19(26)28)11-23(31)15-8-4-6-10-17(15)25-22(23)27/h3-10,12-13,18,22,25,31H,11H2,1-2H3/t13-,18-,22+,23-/m0/s1. The summed E-state index contributed by atoms with van der Waals surface area (Å²) < 4.78 is 6.12. The van der Waals surface area contributed by atoms with Gasteiger partial charge in [0.2, 0.25) is 5.91 Å². The number of piperidine rings is 1. The van der Waals surface area contributed by atoms with Crippen molar-refractivity contribution in [1.82, 2.24) is 14.5 Å². The van der Waals surface area contributed by atoms with E-state index in [0.29, 0.717) is 22.2 Å². The molecule has 3 aromatic rings. The number of amides is 1. The zero-order valence-corrected chi connectivity index (χ0v) is 17.6. The van der Waals surface area contributed by atoms with E-state index in [2.05, 4.69) is 10.3 Å². The second kappa shape index (κ2) is 7.16. The van der Waals surface area contributed by atoms with Gasteiger partial charge in [0.05, 0.1) is 24.3 Å². The molecule has 1 amide bonds. The maximum Gasteiger partial charge on any atom is 0.328 e. The maximum absolute atomic E-state index is 13.7. The monoisotopic (exact) mass is 434 g/mol. The van der Waals surface area contributed by atoms with Gasteiger partial charge in [-0.25, -0.2) is 9.78 Å². The van der Waals surface area contributed by atoms with Crippen molar-refractivity contribution >= 4 is 28.5 Å². The van der Waals surface area contributed by atoms with E-state index < -0.39 is 35.7 Å². The van der Waals surface area contributed by atoms with Crippen LogP contribution < -0.4 is 10.9 Å². The van der Waals surface area contributed by atoms with Crippen LogP contribution in [0.25, 0.3) is 10.9 Å². The normalized spacial score (nSPS) is 25.1. The Morgan fingerprint density at radius 3 is 2.72 bits per heavy atom. The van der Waals surface area contributed by atoms with Crippen LogP contribution in [0, 0.1) is 0 Å². The van der Waals surface area contributed by atoms with Gasteiger partial charge in [-0.1, -0.05) is 30.3 Å². The zero-order chi connectivity index (χ0) is 22.6. The van der Waals surface area contributed by atoms with Gasteiger partial charge in [-0.2, -0.15) is 0 Å². The van der Waals surface area contributed by atoms with Crippen LogP contribution in [0.15, 0.2) is 59.7 Å². The van der Waals surface area contributed by atoms with E-state index in [1.165, 1.54) is 22.9 Å². The number of hydrogen-bond acceptors (Lipinski definition) is 7. The number of methoxy groups -OCH3 is 1. The van der Waals surface area contributed by atoms with Gasteiger partial charge in [-0.05, 0) is 25.1 Å². The van der Waals surface area contributed by atoms with Gasteiger partial charge < -0.3 is 20.1 Å². The van der Waals surface area contributed by atoms with E-state index in [9.17, 15) is 19.5 Å². The van der Waals surface area contributed by atoms with E-state index in [1.807, 2.05) is 6.07 Å². The summed E-state index contributed by atoms with van der Waals surface area (Å²) in [6.45, 7) is 1.54. The van der Waals surface area contributed by atoms with Crippen molar-refractivity contribution in [2.24, 2.45) is 0 Å². The Balaban J connectivity index is 1.68. The molecule has 1 fully saturated rings. The third-order valence-corrected chi connectivity index (χ3v) is 6.45. The number of aromatic nitrogens is 2. The molecule has 0 saturated carbocycles. The summed E-state index contributed by atoms with van der Waals surface area (Å²) in [6, 6.07) is 12.0. The summed E-state index contributed by atoms with van der Waals surface area (Å²) in [5.74, 6) is -1.10. The number of hydrogen-bond donors (Lipinski definition) is 2. The highest BCUT2D eigenvalue weighted by molar-refractivity contribution is 5.89. The summed E-state index contributed by atoms with van der Waals surface area (Å²) in [5, 5.41) is 15.4. The second-order valence-electron chi connectivity index (χ2n) is 8.16. The molecule has 3 heterocycles. The summed E-state index contributed by atoms with van der Waals surface area (Å²) in [5.41, 5.74) is -0.129. The molecule has 2 aromatic carbocycles. The lowest BCUT2D eigenvalue weighted by molar-refractivity contribution is -0.170. The Morgan fingerprint density at radius 1 is 1.22 bits per heavy atom. The van der Waals surface area contributed by atoms with Crippen LogP contribution in [0.5, 0.6) is 0 Å². The topological polar surface area (TPSA) is 114 Å². The molecule has 1 aromatic heterocycles. The lowest BCUT2D eigenvalue weighted by Gasteiger charge is -2.47. The van der Waals surface area contributed by atoms with Gasteiger partial charge in [0.25, 0.3) is 5.56 Å². The van der Waals surface area contributed by atoms with Crippen LogP contribution in [0.1, 0.15) is 24.9 Å². The number of nitrogens with one attached hydrogen (secondary N) is 1. The Morgan fingerprint density at radius 2 is 1.94 bits per heavy atom. The summed E-state index contributed by atoms with van der Waals surface area (Å²) in [7, 11) is 1.24. The predicted octanol–water partition coefficient (Wildman–Crippen LogP) is 1.37. The first-order valence-electron chi connectivity index (χ1n) is 10.3. The van der Waals surface area contributed by atoms with Crippen molar-refractivity contribution in [1.29, 1.82) is 0 Å². The number of carbonyl (C=O) groups is 2. The average molecular weight is 434 g/mol. The Hall–Kier alpha value is -3.72. The molecule has 32 heavy (non-hydrogen) atoms. The highest BCUT2D eigenvalue weighted by Crippen LogP contribution is 2.49. The van der Waals surface area contributed by atoms with E-state index in [1.54, 1.807) is 49.4 Å². The first-order chi connectivity index (χ1) is 15.4. The average Bonchev–Trinajstić information content (AvgIpc) is 3.11. The van der Waals surface area contributed by atoms with Crippen LogP contribution >= 0.6 is 0 Å². The molecule has 9 nitrogen and oxygen atoms in total. The summed E-state index contributed by atoms with van der Waals surface area (Å²) >= 11 is 0. The number of ether oxygens (including phenoxy) is 1. The molecule has 2 aliphatic heterocycles. The van der Waals surface area contributed by atoms with E-state index in [-0.39, 0.29) is 12.0 Å². The SMILES string of the molecule is COC(=O)[C@H](C)N1C(=O)[C@@H](n2cnc3ccccc3c2=O)C[C@]2(O)c3ccccc3N[C@H]12. The summed E-state index contributed by atoms with van der Waals surface area (Å²) in [4.78, 5) is 44.9. The fourth-order valence-electron chi connectivity index (χ4n) is 4.82. The molecule has 4 atom stereocenters. The van der Waals surface area contributed by atoms with Crippen molar-refractivity contribution in [3.05, 3.63) is 70.8 Å². The molecule has 0 unspecified atom stereocenters. The molecule has 2 N–H and O–H groups in total. The quantitative estimate of drug-likeness (QED) is 0.599. The minimum absolute atomic E-state index is 0.0508. The first kappa shape index (κ1) is 20.2. The minimum atomic E-state index is -1.53. The molecule has 0 spiro atoms. The van der Waals surface area contributed by atoms with Gasteiger partial charge in [0, 0.05) is 17.7 Å². The third-order valence-electron chi connectivity index (χ3n) is 6.45. The van der Waals surface area contributed by atoms with Crippen molar-refractivity contribution in [3.8, 4) is 0 Å². The molecule has 0 radical (unpaired) electrons. The van der Waals surface area contributed by atoms with E-state index in [0.717, 1.165) is 0 Å². The molecule has 9 heteroatoms. The van der Waals surface area contributed by atoms with Crippen LogP contribution in [-0.4, -0.2) is 50.8 Å². The number of carbonyl (C=O) groups excluding carboxylic acids is 2. The Kier molecular flexibility index (Phi) is 4.52. The molecule has 164 valence electrons. The number of esters is 1. The molecule has 2 aliphatic rings. The number of rotatable bonds is 3. The highest BCUT2D eigenvalue weighted by atomic mass is 16.5. The fourth-order valence-corrected chi connectivity index (χ4v) is 4.82. The molecule has 0 bridgehead atoms. The summed E-state index contributed by atoms with van der Waals surface area (Å²) in [6.07, 6.45) is 0.388. The fraction of sp³-hybridized carbons (Fsp3) is 0.304. The van der Waals surface area contributed by atoms with Gasteiger partial charge in [-0.3, -0.25) is 14.2 Å². The maximum atomic E-state index is 13.7. The van der Waals surface area contributed by atoms with Crippen LogP contribution in [0.3, 0.4) is 0 Å². The van der Waals surface area contributed by atoms with Crippen LogP contribution in [0.4, 0.5) is 5.69 Å². The van der Waals surface area contributed by atoms with Crippen LogP contribution in [0.2, 0.25) is 0 Å². The van der Waals surface area contributed by atoms with Crippen molar-refractivity contribution in [2.45, 2.75) is 37.2 Å². The zero-order valence-electron chi connectivity index (χ0n) is 17.6. The third kappa shape index (κ3) is 2.74. The first-order valence-corrected chi connectivity index (χ1v) is 10.3. The number of aliphatic hydroxyl groups is 1. The van der Waals surface area contributed by atoms with Crippen molar-refractivity contribution < 1.29 is 19.4 Å². The van der Waals surface area contributed by atoms with E-state index in [4.69, 9.17) is 4.74 Å². The molecule has 0 aliphatic carbocycles. The number of anilines is 1. The Labute approximate surface area is 183 Å².